The first-order valence-electron chi connectivity index (χ1n) is 8.40. The van der Waals surface area contributed by atoms with Gasteiger partial charge in [-0.1, -0.05) is 31.2 Å². The molecule has 1 aromatic carbocycles. The second-order valence-corrected chi connectivity index (χ2v) is 8.58. The molecule has 1 amide bonds. The second-order valence-electron chi connectivity index (χ2n) is 7.03. The Morgan fingerprint density at radius 1 is 1.30 bits per heavy atom. The number of hydrogen-bond donors (Lipinski definition) is 1. The molecule has 2 unspecified atom stereocenters. The Morgan fingerprint density at radius 2 is 1.96 bits per heavy atom. The van der Waals surface area contributed by atoms with Gasteiger partial charge in [0.2, 0.25) is 5.91 Å². The lowest BCUT2D eigenvalue weighted by molar-refractivity contribution is -0.122. The zero-order valence-corrected chi connectivity index (χ0v) is 15.0. The summed E-state index contributed by atoms with van der Waals surface area (Å²) in [7, 11) is 0. The van der Waals surface area contributed by atoms with Crippen molar-refractivity contribution in [3.8, 4) is 0 Å². The number of nitrogens with zero attached hydrogens (tertiary/aromatic N) is 1. The largest absolute Gasteiger partial charge is 0.352 e. The lowest BCUT2D eigenvalue weighted by Crippen LogP contribution is -2.33. The zero-order chi connectivity index (χ0) is 16.4. The van der Waals surface area contributed by atoms with Gasteiger partial charge in [-0.25, -0.2) is 0 Å². The van der Waals surface area contributed by atoms with Crippen LogP contribution >= 0.6 is 23.2 Å². The quantitative estimate of drug-likeness (QED) is 0.817. The molecule has 1 N–H and O–H groups in total. The Labute approximate surface area is 148 Å². The number of amides is 1. The molecule has 126 valence electrons. The molecule has 0 bridgehead atoms. The highest BCUT2D eigenvalue weighted by molar-refractivity contribution is 6.52. The molecule has 1 saturated carbocycles. The van der Waals surface area contributed by atoms with Crippen LogP contribution in [0.15, 0.2) is 24.3 Å². The van der Waals surface area contributed by atoms with Gasteiger partial charge in [0.05, 0.1) is 5.92 Å². The van der Waals surface area contributed by atoms with E-state index >= 15 is 0 Å². The number of halogens is 2. The zero-order valence-electron chi connectivity index (χ0n) is 13.5. The highest BCUT2D eigenvalue weighted by Crippen LogP contribution is 2.53. The standard InChI is InChI=1S/C18H24Cl2N2O/c1-13-3-2-8-22(11-13)12-15-6-4-14(5-7-15)10-21-17(23)16-9-18(16,19)20/h4-7,13,16H,2-3,8-12H2,1H3,(H,21,23). The maximum Gasteiger partial charge on any atom is 0.226 e. The molecular weight excluding hydrogens is 331 g/mol. The summed E-state index contributed by atoms with van der Waals surface area (Å²) >= 11 is 11.8. The highest BCUT2D eigenvalue weighted by atomic mass is 35.5. The summed E-state index contributed by atoms with van der Waals surface area (Å²) in [5.41, 5.74) is 2.43. The minimum Gasteiger partial charge on any atom is -0.352 e. The summed E-state index contributed by atoms with van der Waals surface area (Å²) in [5, 5.41) is 2.90. The number of hydrogen-bond acceptors (Lipinski definition) is 2. The van der Waals surface area contributed by atoms with E-state index in [1.165, 1.54) is 31.5 Å². The fourth-order valence-corrected chi connectivity index (χ4v) is 3.77. The first kappa shape index (κ1) is 17.1. The molecule has 0 radical (unpaired) electrons. The van der Waals surface area contributed by atoms with Crippen LogP contribution in [-0.2, 0) is 17.9 Å². The van der Waals surface area contributed by atoms with Crippen molar-refractivity contribution in [1.82, 2.24) is 10.2 Å². The minimum absolute atomic E-state index is 0.0543. The predicted octanol–water partition coefficient (Wildman–Crippen LogP) is 3.73. The van der Waals surface area contributed by atoms with Crippen LogP contribution in [0, 0.1) is 11.8 Å². The van der Waals surface area contributed by atoms with Gasteiger partial charge in [0.1, 0.15) is 4.33 Å². The van der Waals surface area contributed by atoms with Crippen LogP contribution in [0.3, 0.4) is 0 Å². The molecule has 2 atom stereocenters. The van der Waals surface area contributed by atoms with Gasteiger partial charge < -0.3 is 5.32 Å². The fourth-order valence-electron chi connectivity index (χ4n) is 3.26. The Bertz CT molecular complexity index is 559. The topological polar surface area (TPSA) is 32.3 Å². The van der Waals surface area contributed by atoms with Crippen LogP contribution < -0.4 is 5.32 Å². The van der Waals surface area contributed by atoms with E-state index in [-0.39, 0.29) is 11.8 Å². The molecule has 1 aliphatic carbocycles. The summed E-state index contributed by atoms with van der Waals surface area (Å²) in [6, 6.07) is 8.49. The molecule has 1 aromatic rings. The molecule has 23 heavy (non-hydrogen) atoms. The normalized spacial score (nSPS) is 26.7. The molecule has 1 heterocycles. The molecular formula is C18H24Cl2N2O. The number of rotatable bonds is 5. The van der Waals surface area contributed by atoms with Gasteiger partial charge in [-0.05, 0) is 42.9 Å². The summed E-state index contributed by atoms with van der Waals surface area (Å²) in [6.45, 7) is 6.26. The van der Waals surface area contributed by atoms with Gasteiger partial charge in [0, 0.05) is 19.6 Å². The lowest BCUT2D eigenvalue weighted by atomic mass is 9.99. The van der Waals surface area contributed by atoms with E-state index < -0.39 is 4.33 Å². The van der Waals surface area contributed by atoms with Crippen LogP contribution in [0.4, 0.5) is 0 Å². The highest BCUT2D eigenvalue weighted by Gasteiger charge is 2.56. The van der Waals surface area contributed by atoms with Crippen LogP contribution in [-0.4, -0.2) is 28.2 Å². The van der Waals surface area contributed by atoms with Crippen molar-refractivity contribution < 1.29 is 4.79 Å². The molecule has 0 spiro atoms. The van der Waals surface area contributed by atoms with Gasteiger partial charge >= 0.3 is 0 Å². The number of carbonyl (C=O) groups excluding carboxylic acids is 1. The summed E-state index contributed by atoms with van der Waals surface area (Å²) in [5.74, 6) is 0.490. The number of alkyl halides is 2. The SMILES string of the molecule is CC1CCCN(Cc2ccc(CNC(=O)C3CC3(Cl)Cl)cc2)C1. The third kappa shape index (κ3) is 4.62. The Hall–Kier alpha value is -0.770. The van der Waals surface area contributed by atoms with Crippen LogP contribution in [0.25, 0.3) is 0 Å². The average molecular weight is 355 g/mol. The Balaban J connectivity index is 1.46. The first-order chi connectivity index (χ1) is 10.9. The van der Waals surface area contributed by atoms with E-state index in [1.54, 1.807) is 0 Å². The van der Waals surface area contributed by atoms with Crippen molar-refractivity contribution in [3.05, 3.63) is 35.4 Å². The Morgan fingerprint density at radius 3 is 2.57 bits per heavy atom. The van der Waals surface area contributed by atoms with E-state index in [2.05, 4.69) is 41.4 Å². The number of benzene rings is 1. The molecule has 0 aromatic heterocycles. The van der Waals surface area contributed by atoms with Crippen molar-refractivity contribution >= 4 is 29.1 Å². The monoisotopic (exact) mass is 354 g/mol. The maximum absolute atomic E-state index is 11.9. The van der Waals surface area contributed by atoms with E-state index in [0.717, 1.165) is 18.0 Å². The number of piperidine rings is 1. The Kier molecular flexibility index (Phi) is 5.19. The molecule has 1 aliphatic heterocycles. The van der Waals surface area contributed by atoms with Crippen molar-refractivity contribution in [1.29, 1.82) is 0 Å². The van der Waals surface area contributed by atoms with Crippen molar-refractivity contribution in [2.24, 2.45) is 11.8 Å². The number of carbonyl (C=O) groups is 1. The lowest BCUT2D eigenvalue weighted by Gasteiger charge is -2.30. The van der Waals surface area contributed by atoms with Crippen LogP contribution in [0.5, 0.6) is 0 Å². The first-order valence-corrected chi connectivity index (χ1v) is 9.15. The molecule has 3 nitrogen and oxygen atoms in total. The third-order valence-corrected chi connectivity index (χ3v) is 5.61. The van der Waals surface area contributed by atoms with E-state index in [1.807, 2.05) is 0 Å². The molecule has 2 aliphatic rings. The van der Waals surface area contributed by atoms with Gasteiger partial charge in [-0.15, -0.1) is 23.2 Å². The van der Waals surface area contributed by atoms with Crippen LogP contribution in [0.1, 0.15) is 37.3 Å². The van der Waals surface area contributed by atoms with E-state index in [9.17, 15) is 4.79 Å². The average Bonchev–Trinajstić information content (AvgIpc) is 3.15. The summed E-state index contributed by atoms with van der Waals surface area (Å²) in [6.07, 6.45) is 3.20. The summed E-state index contributed by atoms with van der Waals surface area (Å²) < 4.78 is -0.848. The molecule has 5 heteroatoms. The van der Waals surface area contributed by atoms with Crippen LogP contribution in [0.2, 0.25) is 0 Å². The molecule has 2 fully saturated rings. The van der Waals surface area contributed by atoms with Gasteiger partial charge in [-0.3, -0.25) is 9.69 Å². The minimum atomic E-state index is -0.848. The smallest absolute Gasteiger partial charge is 0.226 e. The van der Waals surface area contributed by atoms with Gasteiger partial charge in [-0.2, -0.15) is 0 Å². The van der Waals surface area contributed by atoms with Crippen molar-refractivity contribution in [3.63, 3.8) is 0 Å². The maximum atomic E-state index is 11.9. The van der Waals surface area contributed by atoms with E-state index in [4.69, 9.17) is 23.2 Å². The molecule has 1 saturated heterocycles. The predicted molar refractivity (Wildman–Crippen MR) is 94.5 cm³/mol. The van der Waals surface area contributed by atoms with E-state index in [0.29, 0.717) is 13.0 Å². The van der Waals surface area contributed by atoms with Gasteiger partial charge in [0.25, 0.3) is 0 Å². The fraction of sp³-hybridized carbons (Fsp3) is 0.611. The second kappa shape index (κ2) is 7.00. The van der Waals surface area contributed by atoms with Gasteiger partial charge in [0.15, 0.2) is 0 Å². The summed E-state index contributed by atoms with van der Waals surface area (Å²) in [4.78, 5) is 14.4. The van der Waals surface area contributed by atoms with Crippen molar-refractivity contribution in [2.45, 2.75) is 43.6 Å². The number of nitrogens with one attached hydrogen (secondary N) is 1. The number of likely N-dealkylation sites (tertiary alicyclic amines) is 1. The third-order valence-electron chi connectivity index (χ3n) is 4.78. The van der Waals surface area contributed by atoms with Crippen molar-refractivity contribution in [2.75, 3.05) is 13.1 Å². The molecule has 3 rings (SSSR count).